The van der Waals surface area contributed by atoms with Crippen LogP contribution in [0.4, 0.5) is 0 Å². The lowest BCUT2D eigenvalue weighted by molar-refractivity contribution is 0.724. The summed E-state index contributed by atoms with van der Waals surface area (Å²) in [6.45, 7) is 2.23. The van der Waals surface area contributed by atoms with Crippen molar-refractivity contribution in [2.45, 2.75) is 45.4 Å². The van der Waals surface area contributed by atoms with Crippen LogP contribution >= 0.6 is 15.9 Å². The molecule has 1 heteroatoms. The van der Waals surface area contributed by atoms with Crippen LogP contribution in [0.15, 0.2) is 24.3 Å². The number of alkyl halides is 1. The SMILES string of the molecule is CCCc1ccc(CCCCCBr)cc1. The zero-order chi connectivity index (χ0) is 10.9. The fourth-order valence-electron chi connectivity index (χ4n) is 1.76. The summed E-state index contributed by atoms with van der Waals surface area (Å²) in [5.41, 5.74) is 2.96. The highest BCUT2D eigenvalue weighted by atomic mass is 79.9. The third-order valence-corrected chi connectivity index (χ3v) is 3.22. The first-order valence-electron chi connectivity index (χ1n) is 6.00. The summed E-state index contributed by atoms with van der Waals surface area (Å²) in [6, 6.07) is 9.14. The Hall–Kier alpha value is -0.300. The second-order valence-corrected chi connectivity index (χ2v) is 4.86. The van der Waals surface area contributed by atoms with Gasteiger partial charge in [-0.25, -0.2) is 0 Å². The van der Waals surface area contributed by atoms with E-state index in [1.54, 1.807) is 0 Å². The van der Waals surface area contributed by atoms with Crippen LogP contribution in [-0.4, -0.2) is 5.33 Å². The molecule has 0 aliphatic rings. The third kappa shape index (κ3) is 5.36. The highest BCUT2D eigenvalue weighted by Crippen LogP contribution is 2.10. The molecule has 0 aliphatic heterocycles. The molecule has 0 heterocycles. The molecule has 0 aliphatic carbocycles. The molecule has 15 heavy (non-hydrogen) atoms. The fourth-order valence-corrected chi connectivity index (χ4v) is 2.16. The molecule has 0 bridgehead atoms. The summed E-state index contributed by atoms with van der Waals surface area (Å²) in [5, 5.41) is 1.14. The summed E-state index contributed by atoms with van der Waals surface area (Å²) in [5.74, 6) is 0. The van der Waals surface area contributed by atoms with Gasteiger partial charge in [0.25, 0.3) is 0 Å². The Kier molecular flexibility index (Phi) is 6.74. The Bertz CT molecular complexity index is 251. The van der Waals surface area contributed by atoms with Crippen LogP contribution in [0.5, 0.6) is 0 Å². The van der Waals surface area contributed by atoms with E-state index in [2.05, 4.69) is 47.1 Å². The summed E-state index contributed by atoms with van der Waals surface area (Å²) < 4.78 is 0. The Morgan fingerprint density at radius 3 is 2.00 bits per heavy atom. The number of benzene rings is 1. The molecular weight excluding hydrogens is 248 g/mol. The van der Waals surface area contributed by atoms with Gasteiger partial charge in [0.15, 0.2) is 0 Å². The van der Waals surface area contributed by atoms with Crippen LogP contribution < -0.4 is 0 Å². The molecular formula is C14H21Br. The number of aryl methyl sites for hydroxylation is 2. The maximum Gasteiger partial charge on any atom is 0.00313 e. The zero-order valence-corrected chi connectivity index (χ0v) is 11.2. The first-order valence-corrected chi connectivity index (χ1v) is 7.12. The van der Waals surface area contributed by atoms with Gasteiger partial charge in [-0.3, -0.25) is 0 Å². The van der Waals surface area contributed by atoms with Crippen molar-refractivity contribution in [1.82, 2.24) is 0 Å². The second-order valence-electron chi connectivity index (χ2n) is 4.07. The second kappa shape index (κ2) is 7.92. The summed E-state index contributed by atoms with van der Waals surface area (Å²) in [4.78, 5) is 0. The van der Waals surface area contributed by atoms with Crippen LogP contribution in [0.2, 0.25) is 0 Å². The normalized spacial score (nSPS) is 10.5. The number of hydrogen-bond acceptors (Lipinski definition) is 0. The van der Waals surface area contributed by atoms with E-state index in [4.69, 9.17) is 0 Å². The van der Waals surface area contributed by atoms with Crippen molar-refractivity contribution in [2.75, 3.05) is 5.33 Å². The predicted octanol–water partition coefficient (Wildman–Crippen LogP) is 4.75. The average molecular weight is 269 g/mol. The molecule has 1 aromatic carbocycles. The molecule has 84 valence electrons. The first kappa shape index (κ1) is 12.8. The van der Waals surface area contributed by atoms with E-state index in [1.807, 2.05) is 0 Å². The lowest BCUT2D eigenvalue weighted by Crippen LogP contribution is -1.88. The number of rotatable bonds is 7. The third-order valence-electron chi connectivity index (χ3n) is 2.66. The van der Waals surface area contributed by atoms with Gasteiger partial charge >= 0.3 is 0 Å². The van der Waals surface area contributed by atoms with E-state index in [0.29, 0.717) is 0 Å². The Morgan fingerprint density at radius 1 is 0.867 bits per heavy atom. The topological polar surface area (TPSA) is 0 Å². The maximum atomic E-state index is 3.46. The Labute approximate surface area is 102 Å². The number of hydrogen-bond donors (Lipinski definition) is 0. The lowest BCUT2D eigenvalue weighted by atomic mass is 10.0. The van der Waals surface area contributed by atoms with E-state index in [-0.39, 0.29) is 0 Å². The first-order chi connectivity index (χ1) is 7.36. The minimum absolute atomic E-state index is 1.14. The molecule has 1 rings (SSSR count). The highest BCUT2D eigenvalue weighted by molar-refractivity contribution is 9.09. The van der Waals surface area contributed by atoms with E-state index in [1.165, 1.54) is 49.7 Å². The van der Waals surface area contributed by atoms with Crippen molar-refractivity contribution in [1.29, 1.82) is 0 Å². The van der Waals surface area contributed by atoms with Crippen LogP contribution in [-0.2, 0) is 12.8 Å². The molecule has 0 aromatic heterocycles. The van der Waals surface area contributed by atoms with Crippen LogP contribution in [0.1, 0.15) is 43.7 Å². The highest BCUT2D eigenvalue weighted by Gasteiger charge is 1.94. The van der Waals surface area contributed by atoms with Crippen molar-refractivity contribution in [3.63, 3.8) is 0 Å². The van der Waals surface area contributed by atoms with Crippen molar-refractivity contribution in [3.8, 4) is 0 Å². The van der Waals surface area contributed by atoms with Crippen molar-refractivity contribution >= 4 is 15.9 Å². The van der Waals surface area contributed by atoms with E-state index >= 15 is 0 Å². The Morgan fingerprint density at radius 2 is 1.47 bits per heavy atom. The standard InChI is InChI=1S/C14H21Br/c1-2-6-13-8-10-14(11-9-13)7-4-3-5-12-15/h8-11H,2-7,12H2,1H3. The Balaban J connectivity index is 2.29. The van der Waals surface area contributed by atoms with Crippen LogP contribution in [0.3, 0.4) is 0 Å². The van der Waals surface area contributed by atoms with E-state index in [0.717, 1.165) is 5.33 Å². The average Bonchev–Trinajstić information content (AvgIpc) is 2.27. The van der Waals surface area contributed by atoms with Gasteiger partial charge in [-0.05, 0) is 36.8 Å². The molecule has 0 saturated heterocycles. The molecule has 0 N–H and O–H groups in total. The molecule has 0 nitrogen and oxygen atoms in total. The van der Waals surface area contributed by atoms with Crippen molar-refractivity contribution in [2.24, 2.45) is 0 Å². The molecule has 0 fully saturated rings. The minimum Gasteiger partial charge on any atom is -0.0928 e. The van der Waals surface area contributed by atoms with E-state index in [9.17, 15) is 0 Å². The van der Waals surface area contributed by atoms with E-state index < -0.39 is 0 Å². The molecule has 0 saturated carbocycles. The number of unbranched alkanes of at least 4 members (excludes halogenated alkanes) is 2. The zero-order valence-electron chi connectivity index (χ0n) is 9.64. The smallest absolute Gasteiger partial charge is 0.00313 e. The van der Waals surface area contributed by atoms with Crippen molar-refractivity contribution in [3.05, 3.63) is 35.4 Å². The van der Waals surface area contributed by atoms with Gasteiger partial charge in [0.1, 0.15) is 0 Å². The molecule has 1 aromatic rings. The van der Waals surface area contributed by atoms with Gasteiger partial charge < -0.3 is 0 Å². The van der Waals surface area contributed by atoms with Gasteiger partial charge in [0, 0.05) is 5.33 Å². The fraction of sp³-hybridized carbons (Fsp3) is 0.571. The quantitative estimate of drug-likeness (QED) is 0.495. The van der Waals surface area contributed by atoms with Gasteiger partial charge in [-0.2, -0.15) is 0 Å². The van der Waals surface area contributed by atoms with Gasteiger partial charge in [-0.15, -0.1) is 0 Å². The maximum absolute atomic E-state index is 3.46. The van der Waals surface area contributed by atoms with Gasteiger partial charge in [-0.1, -0.05) is 60.0 Å². The summed E-state index contributed by atoms with van der Waals surface area (Å²) >= 11 is 3.46. The van der Waals surface area contributed by atoms with Crippen LogP contribution in [0.25, 0.3) is 0 Å². The van der Waals surface area contributed by atoms with Gasteiger partial charge in [0.2, 0.25) is 0 Å². The molecule has 0 unspecified atom stereocenters. The minimum atomic E-state index is 1.14. The van der Waals surface area contributed by atoms with Gasteiger partial charge in [0.05, 0.1) is 0 Å². The van der Waals surface area contributed by atoms with Crippen molar-refractivity contribution < 1.29 is 0 Å². The predicted molar refractivity (Wildman–Crippen MR) is 71.8 cm³/mol. The molecule has 0 radical (unpaired) electrons. The monoisotopic (exact) mass is 268 g/mol. The molecule has 0 atom stereocenters. The molecule has 0 amide bonds. The van der Waals surface area contributed by atoms with Crippen LogP contribution in [0, 0.1) is 0 Å². The lowest BCUT2D eigenvalue weighted by Gasteiger charge is -2.03. The summed E-state index contributed by atoms with van der Waals surface area (Å²) in [7, 11) is 0. The summed E-state index contributed by atoms with van der Waals surface area (Å²) in [6.07, 6.45) is 7.64. The number of halogens is 1. The molecule has 0 spiro atoms. The largest absolute Gasteiger partial charge is 0.0928 e.